The van der Waals surface area contributed by atoms with Crippen LogP contribution in [0.15, 0.2) is 54.7 Å². The average molecular weight is 335 g/mol. The second-order valence-electron chi connectivity index (χ2n) is 5.68. The lowest BCUT2D eigenvalue weighted by atomic mass is 10.1. The fourth-order valence-corrected chi connectivity index (χ4v) is 2.42. The molecule has 0 aliphatic heterocycles. The van der Waals surface area contributed by atoms with Gasteiger partial charge in [0.05, 0.1) is 13.3 Å². The Hall–Kier alpha value is -3.15. The maximum atomic E-state index is 5.16. The molecule has 0 fully saturated rings. The molecule has 25 heavy (non-hydrogen) atoms. The van der Waals surface area contributed by atoms with Crippen molar-refractivity contribution in [3.05, 3.63) is 65.9 Å². The van der Waals surface area contributed by atoms with Crippen molar-refractivity contribution in [2.75, 3.05) is 24.3 Å². The minimum absolute atomic E-state index is 0.472. The van der Waals surface area contributed by atoms with Gasteiger partial charge in [0, 0.05) is 12.2 Å². The van der Waals surface area contributed by atoms with Crippen LogP contribution in [-0.4, -0.2) is 28.8 Å². The van der Waals surface area contributed by atoms with Gasteiger partial charge < -0.3 is 15.4 Å². The van der Waals surface area contributed by atoms with Crippen molar-refractivity contribution in [2.45, 2.75) is 13.3 Å². The third-order valence-electron chi connectivity index (χ3n) is 3.71. The summed E-state index contributed by atoms with van der Waals surface area (Å²) in [5, 5.41) is 14.5. The van der Waals surface area contributed by atoms with Crippen LogP contribution in [0.25, 0.3) is 0 Å². The molecule has 0 atom stereocenters. The lowest BCUT2D eigenvalue weighted by molar-refractivity contribution is 0.414. The van der Waals surface area contributed by atoms with Crippen molar-refractivity contribution in [3.63, 3.8) is 0 Å². The van der Waals surface area contributed by atoms with E-state index >= 15 is 0 Å². The van der Waals surface area contributed by atoms with Gasteiger partial charge in [0.15, 0.2) is 5.82 Å². The molecule has 1 aromatic heterocycles. The molecular formula is C19H21N5O. The van der Waals surface area contributed by atoms with Crippen molar-refractivity contribution in [1.29, 1.82) is 0 Å². The van der Waals surface area contributed by atoms with Crippen molar-refractivity contribution in [2.24, 2.45) is 0 Å². The van der Waals surface area contributed by atoms with Gasteiger partial charge in [-0.2, -0.15) is 10.1 Å². The summed E-state index contributed by atoms with van der Waals surface area (Å²) < 4.78 is 5.16. The van der Waals surface area contributed by atoms with E-state index in [1.54, 1.807) is 13.3 Å². The Kier molecular flexibility index (Phi) is 5.41. The summed E-state index contributed by atoms with van der Waals surface area (Å²) in [7, 11) is 1.67. The number of ether oxygens (including phenoxy) is 1. The lowest BCUT2D eigenvalue weighted by Gasteiger charge is -2.08. The standard InChI is InChI=1S/C19H21N5O/c1-14-4-3-5-16(12-14)22-19-23-18(13-21-24-19)20-11-10-15-6-8-17(25-2)9-7-15/h3-9,12-13H,10-11H2,1-2H3,(H2,20,22,23,24). The van der Waals surface area contributed by atoms with Gasteiger partial charge in [-0.15, -0.1) is 5.10 Å². The largest absolute Gasteiger partial charge is 0.497 e. The Morgan fingerprint density at radius 3 is 2.68 bits per heavy atom. The van der Waals surface area contributed by atoms with Gasteiger partial charge in [0.1, 0.15) is 5.75 Å². The van der Waals surface area contributed by atoms with Crippen LogP contribution < -0.4 is 15.4 Å². The van der Waals surface area contributed by atoms with E-state index in [1.165, 1.54) is 11.1 Å². The van der Waals surface area contributed by atoms with Gasteiger partial charge in [0.25, 0.3) is 0 Å². The van der Waals surface area contributed by atoms with Crippen molar-refractivity contribution in [1.82, 2.24) is 15.2 Å². The predicted octanol–water partition coefficient (Wildman–Crippen LogP) is 3.59. The van der Waals surface area contributed by atoms with Crippen LogP contribution in [0.1, 0.15) is 11.1 Å². The van der Waals surface area contributed by atoms with Crippen LogP contribution in [0.2, 0.25) is 0 Å². The van der Waals surface area contributed by atoms with Crippen LogP contribution in [0.3, 0.4) is 0 Å². The number of hydrogen-bond acceptors (Lipinski definition) is 6. The zero-order chi connectivity index (χ0) is 17.5. The number of aryl methyl sites for hydroxylation is 1. The molecule has 1 heterocycles. The lowest BCUT2D eigenvalue weighted by Crippen LogP contribution is -2.08. The minimum Gasteiger partial charge on any atom is -0.497 e. The number of nitrogens with one attached hydrogen (secondary N) is 2. The molecule has 6 nitrogen and oxygen atoms in total. The topological polar surface area (TPSA) is 72.0 Å². The zero-order valence-corrected chi connectivity index (χ0v) is 14.4. The second kappa shape index (κ2) is 8.10. The fraction of sp³-hybridized carbons (Fsp3) is 0.211. The first-order valence-corrected chi connectivity index (χ1v) is 8.13. The molecular weight excluding hydrogens is 314 g/mol. The van der Waals surface area contributed by atoms with Crippen LogP contribution in [0, 0.1) is 6.92 Å². The molecule has 128 valence electrons. The number of aromatic nitrogens is 3. The molecule has 2 aromatic carbocycles. The molecule has 0 unspecified atom stereocenters. The van der Waals surface area contributed by atoms with Crippen molar-refractivity contribution < 1.29 is 4.74 Å². The number of hydrogen-bond donors (Lipinski definition) is 2. The van der Waals surface area contributed by atoms with E-state index in [4.69, 9.17) is 4.74 Å². The van der Waals surface area contributed by atoms with E-state index in [1.807, 2.05) is 43.3 Å². The molecule has 0 aliphatic carbocycles. The Morgan fingerprint density at radius 2 is 1.92 bits per heavy atom. The summed E-state index contributed by atoms with van der Waals surface area (Å²) in [6.45, 7) is 2.80. The third kappa shape index (κ3) is 4.91. The molecule has 0 saturated heterocycles. The van der Waals surface area contributed by atoms with E-state index in [9.17, 15) is 0 Å². The molecule has 3 aromatic rings. The summed E-state index contributed by atoms with van der Waals surface area (Å²) in [6.07, 6.45) is 2.50. The monoisotopic (exact) mass is 335 g/mol. The summed E-state index contributed by atoms with van der Waals surface area (Å²) in [5.74, 6) is 2.03. The molecule has 0 bridgehead atoms. The molecule has 0 amide bonds. The molecule has 0 saturated carbocycles. The van der Waals surface area contributed by atoms with E-state index in [-0.39, 0.29) is 0 Å². The highest BCUT2D eigenvalue weighted by molar-refractivity contribution is 5.55. The first-order chi connectivity index (χ1) is 12.2. The highest BCUT2D eigenvalue weighted by Gasteiger charge is 2.02. The van der Waals surface area contributed by atoms with Crippen molar-refractivity contribution in [3.8, 4) is 5.75 Å². The van der Waals surface area contributed by atoms with Crippen LogP contribution >= 0.6 is 0 Å². The molecule has 0 radical (unpaired) electrons. The Labute approximate surface area is 147 Å². The highest BCUT2D eigenvalue weighted by Crippen LogP contribution is 2.15. The summed E-state index contributed by atoms with van der Waals surface area (Å²) in [5.41, 5.74) is 3.34. The predicted molar refractivity (Wildman–Crippen MR) is 99.5 cm³/mol. The van der Waals surface area contributed by atoms with Gasteiger partial charge in [-0.25, -0.2) is 0 Å². The van der Waals surface area contributed by atoms with Crippen LogP contribution in [0.5, 0.6) is 5.75 Å². The maximum Gasteiger partial charge on any atom is 0.249 e. The van der Waals surface area contributed by atoms with Gasteiger partial charge in [-0.3, -0.25) is 0 Å². The molecule has 6 heteroatoms. The summed E-state index contributed by atoms with van der Waals surface area (Å²) >= 11 is 0. The molecule has 3 rings (SSSR count). The first-order valence-electron chi connectivity index (χ1n) is 8.13. The number of nitrogens with zero attached hydrogens (tertiary/aromatic N) is 3. The highest BCUT2D eigenvalue weighted by atomic mass is 16.5. The van der Waals surface area contributed by atoms with Gasteiger partial charge in [-0.05, 0) is 48.7 Å². The molecule has 0 aliphatic rings. The van der Waals surface area contributed by atoms with Gasteiger partial charge in [-0.1, -0.05) is 24.3 Å². The Bertz CT molecular complexity index is 820. The van der Waals surface area contributed by atoms with E-state index in [2.05, 4.69) is 37.9 Å². The minimum atomic E-state index is 0.472. The van der Waals surface area contributed by atoms with Crippen LogP contribution in [-0.2, 0) is 6.42 Å². The third-order valence-corrected chi connectivity index (χ3v) is 3.71. The van der Waals surface area contributed by atoms with Gasteiger partial charge in [0.2, 0.25) is 5.95 Å². The fourth-order valence-electron chi connectivity index (χ4n) is 2.42. The normalized spacial score (nSPS) is 10.3. The summed E-state index contributed by atoms with van der Waals surface area (Å²) in [6, 6.07) is 16.1. The maximum absolute atomic E-state index is 5.16. The molecule has 0 spiro atoms. The number of benzene rings is 2. The quantitative estimate of drug-likeness (QED) is 0.687. The van der Waals surface area contributed by atoms with E-state index < -0.39 is 0 Å². The van der Waals surface area contributed by atoms with Crippen LogP contribution in [0.4, 0.5) is 17.5 Å². The van der Waals surface area contributed by atoms with E-state index in [0.717, 1.165) is 24.4 Å². The number of anilines is 3. The first kappa shape index (κ1) is 16.7. The SMILES string of the molecule is COc1ccc(CCNc2cnnc(Nc3cccc(C)c3)n2)cc1. The number of rotatable bonds is 7. The van der Waals surface area contributed by atoms with Gasteiger partial charge >= 0.3 is 0 Å². The smallest absolute Gasteiger partial charge is 0.249 e. The Morgan fingerprint density at radius 1 is 1.08 bits per heavy atom. The number of methoxy groups -OCH3 is 1. The van der Waals surface area contributed by atoms with Crippen molar-refractivity contribution >= 4 is 17.5 Å². The molecule has 2 N–H and O–H groups in total. The Balaban J connectivity index is 1.56. The second-order valence-corrected chi connectivity index (χ2v) is 5.68. The zero-order valence-electron chi connectivity index (χ0n) is 14.4. The average Bonchev–Trinajstić information content (AvgIpc) is 2.63. The van der Waals surface area contributed by atoms with E-state index in [0.29, 0.717) is 11.8 Å². The summed E-state index contributed by atoms with van der Waals surface area (Å²) in [4.78, 5) is 4.44.